The van der Waals surface area contributed by atoms with E-state index in [1.54, 1.807) is 0 Å². The summed E-state index contributed by atoms with van der Waals surface area (Å²) in [4.78, 5) is 14.7. The molecular formula is C16H23NO. The third-order valence-electron chi connectivity index (χ3n) is 4.16. The molecule has 2 nitrogen and oxygen atoms in total. The second-order valence-electron chi connectivity index (χ2n) is 5.80. The molecule has 1 aliphatic rings. The van der Waals surface area contributed by atoms with Crippen LogP contribution in [0.2, 0.25) is 0 Å². The lowest BCUT2D eigenvalue weighted by atomic mass is 9.88. The van der Waals surface area contributed by atoms with Crippen LogP contribution < -0.4 is 0 Å². The zero-order valence-electron chi connectivity index (χ0n) is 11.6. The van der Waals surface area contributed by atoms with Crippen LogP contribution in [0.1, 0.15) is 51.6 Å². The monoisotopic (exact) mass is 245 g/mol. The maximum Gasteiger partial charge on any atom is 0.228 e. The van der Waals surface area contributed by atoms with E-state index in [9.17, 15) is 4.79 Å². The molecule has 0 spiro atoms. The normalized spacial score (nSPS) is 20.2. The molecule has 18 heavy (non-hydrogen) atoms. The van der Waals surface area contributed by atoms with Gasteiger partial charge in [0.05, 0.1) is 6.04 Å². The predicted molar refractivity (Wildman–Crippen MR) is 74.2 cm³/mol. The minimum atomic E-state index is -0.239. The van der Waals surface area contributed by atoms with Gasteiger partial charge in [-0.1, -0.05) is 51.1 Å². The van der Waals surface area contributed by atoms with Gasteiger partial charge in [-0.3, -0.25) is 4.79 Å². The zero-order valence-corrected chi connectivity index (χ0v) is 11.6. The Balaban J connectivity index is 2.21. The first kappa shape index (κ1) is 13.1. The highest BCUT2D eigenvalue weighted by atomic mass is 16.2. The predicted octanol–water partition coefficient (Wildman–Crippen LogP) is 3.79. The summed E-state index contributed by atoms with van der Waals surface area (Å²) in [6.07, 6.45) is 3.10. The minimum absolute atomic E-state index is 0.239. The molecule has 1 aliphatic heterocycles. The number of hydrogen-bond donors (Lipinski definition) is 0. The van der Waals surface area contributed by atoms with Gasteiger partial charge in [0.1, 0.15) is 0 Å². The Labute approximate surface area is 110 Å². The van der Waals surface area contributed by atoms with Crippen LogP contribution >= 0.6 is 0 Å². The first-order valence-corrected chi connectivity index (χ1v) is 6.92. The van der Waals surface area contributed by atoms with Crippen LogP contribution in [0, 0.1) is 5.41 Å². The van der Waals surface area contributed by atoms with Gasteiger partial charge < -0.3 is 4.90 Å². The number of hydrogen-bond acceptors (Lipinski definition) is 1. The molecule has 0 saturated carbocycles. The van der Waals surface area contributed by atoms with E-state index in [1.807, 2.05) is 6.07 Å². The van der Waals surface area contributed by atoms with Crippen molar-refractivity contribution in [3.63, 3.8) is 0 Å². The SMILES string of the molecule is CCC(C)(C)C(=O)N1CCCC1c1ccccc1. The number of amides is 1. The molecule has 0 radical (unpaired) electrons. The van der Waals surface area contributed by atoms with Gasteiger partial charge >= 0.3 is 0 Å². The van der Waals surface area contributed by atoms with Gasteiger partial charge in [-0.25, -0.2) is 0 Å². The summed E-state index contributed by atoms with van der Waals surface area (Å²) in [7, 11) is 0. The third kappa shape index (κ3) is 2.43. The number of carbonyl (C=O) groups is 1. The summed E-state index contributed by atoms with van der Waals surface area (Å²) in [5.41, 5.74) is 1.03. The second kappa shape index (κ2) is 5.13. The van der Waals surface area contributed by atoms with Crippen molar-refractivity contribution >= 4 is 5.91 Å². The molecule has 0 bridgehead atoms. The molecule has 1 saturated heterocycles. The van der Waals surface area contributed by atoms with Gasteiger partial charge in [0, 0.05) is 12.0 Å². The fourth-order valence-corrected chi connectivity index (χ4v) is 2.57. The van der Waals surface area contributed by atoms with Crippen LogP contribution in [0.5, 0.6) is 0 Å². The average molecular weight is 245 g/mol. The summed E-state index contributed by atoms with van der Waals surface area (Å²) >= 11 is 0. The molecule has 2 heteroatoms. The average Bonchev–Trinajstić information content (AvgIpc) is 2.87. The molecule has 0 N–H and O–H groups in total. The highest BCUT2D eigenvalue weighted by Gasteiger charge is 2.37. The molecule has 1 unspecified atom stereocenters. The minimum Gasteiger partial charge on any atom is -0.335 e. The van der Waals surface area contributed by atoms with Crippen LogP contribution in [0.25, 0.3) is 0 Å². The Morgan fingerprint density at radius 3 is 2.61 bits per heavy atom. The smallest absolute Gasteiger partial charge is 0.228 e. The fraction of sp³-hybridized carbons (Fsp3) is 0.562. The number of benzene rings is 1. The van der Waals surface area contributed by atoms with Crippen LogP contribution in [0.3, 0.4) is 0 Å². The van der Waals surface area contributed by atoms with Crippen LogP contribution in [-0.4, -0.2) is 17.4 Å². The van der Waals surface area contributed by atoms with Gasteiger partial charge in [-0.15, -0.1) is 0 Å². The van der Waals surface area contributed by atoms with Gasteiger partial charge in [0.25, 0.3) is 0 Å². The molecule has 1 aromatic carbocycles. The third-order valence-corrected chi connectivity index (χ3v) is 4.16. The summed E-state index contributed by atoms with van der Waals surface area (Å²) in [6.45, 7) is 7.10. The van der Waals surface area contributed by atoms with Crippen LogP contribution in [-0.2, 0) is 4.79 Å². The molecule has 1 aromatic rings. The maximum atomic E-state index is 12.6. The van der Waals surface area contributed by atoms with Crippen LogP contribution in [0.15, 0.2) is 30.3 Å². The Kier molecular flexibility index (Phi) is 3.74. The summed E-state index contributed by atoms with van der Waals surface area (Å²) < 4.78 is 0. The van der Waals surface area contributed by atoms with Crippen LogP contribution in [0.4, 0.5) is 0 Å². The number of carbonyl (C=O) groups excluding carboxylic acids is 1. The second-order valence-corrected chi connectivity index (χ2v) is 5.80. The van der Waals surface area contributed by atoms with Crippen molar-refractivity contribution in [3.05, 3.63) is 35.9 Å². The molecule has 0 aromatic heterocycles. The first-order valence-electron chi connectivity index (χ1n) is 6.92. The number of nitrogens with zero attached hydrogens (tertiary/aromatic N) is 1. The zero-order chi connectivity index (χ0) is 13.2. The quantitative estimate of drug-likeness (QED) is 0.793. The molecule has 0 aliphatic carbocycles. The van der Waals surface area contributed by atoms with Crippen molar-refractivity contribution in [2.24, 2.45) is 5.41 Å². The van der Waals surface area contributed by atoms with E-state index in [2.05, 4.69) is 49.9 Å². The Hall–Kier alpha value is -1.31. The number of likely N-dealkylation sites (tertiary alicyclic amines) is 1. The van der Waals surface area contributed by atoms with E-state index < -0.39 is 0 Å². The maximum absolute atomic E-state index is 12.6. The molecule has 1 atom stereocenters. The van der Waals surface area contributed by atoms with Crippen molar-refractivity contribution in [2.45, 2.75) is 46.1 Å². The summed E-state index contributed by atoms with van der Waals surface area (Å²) in [6, 6.07) is 10.7. The molecule has 1 fully saturated rings. The van der Waals surface area contributed by atoms with Crippen molar-refractivity contribution in [2.75, 3.05) is 6.54 Å². The highest BCUT2D eigenvalue weighted by molar-refractivity contribution is 5.82. The van der Waals surface area contributed by atoms with Gasteiger partial charge in [0.2, 0.25) is 5.91 Å². The highest BCUT2D eigenvalue weighted by Crippen LogP contribution is 2.36. The van der Waals surface area contributed by atoms with E-state index in [-0.39, 0.29) is 11.5 Å². The first-order chi connectivity index (χ1) is 8.56. The van der Waals surface area contributed by atoms with Gasteiger partial charge in [-0.05, 0) is 24.8 Å². The lowest BCUT2D eigenvalue weighted by Crippen LogP contribution is -2.40. The molecular weight excluding hydrogens is 222 g/mol. The lowest BCUT2D eigenvalue weighted by Gasteiger charge is -2.32. The topological polar surface area (TPSA) is 20.3 Å². The van der Waals surface area contributed by atoms with Gasteiger partial charge in [-0.2, -0.15) is 0 Å². The van der Waals surface area contributed by atoms with Crippen molar-refractivity contribution in [3.8, 4) is 0 Å². The van der Waals surface area contributed by atoms with E-state index in [1.165, 1.54) is 5.56 Å². The molecule has 1 heterocycles. The molecule has 1 amide bonds. The summed E-state index contributed by atoms with van der Waals surface area (Å²) in [5.74, 6) is 0.302. The summed E-state index contributed by atoms with van der Waals surface area (Å²) in [5, 5.41) is 0. The Morgan fingerprint density at radius 1 is 1.33 bits per heavy atom. The van der Waals surface area contributed by atoms with E-state index in [0.717, 1.165) is 25.8 Å². The fourth-order valence-electron chi connectivity index (χ4n) is 2.57. The Morgan fingerprint density at radius 2 is 2.00 bits per heavy atom. The number of rotatable bonds is 3. The van der Waals surface area contributed by atoms with Crippen molar-refractivity contribution < 1.29 is 4.79 Å². The van der Waals surface area contributed by atoms with Crippen molar-refractivity contribution in [1.82, 2.24) is 4.90 Å². The van der Waals surface area contributed by atoms with Crippen molar-refractivity contribution in [1.29, 1.82) is 0 Å². The standard InChI is InChI=1S/C16H23NO/c1-4-16(2,3)15(18)17-12-8-11-14(17)13-9-6-5-7-10-13/h5-7,9-10,14H,4,8,11-12H2,1-3H3. The molecule has 2 rings (SSSR count). The molecule has 98 valence electrons. The lowest BCUT2D eigenvalue weighted by molar-refractivity contribution is -0.141. The largest absolute Gasteiger partial charge is 0.335 e. The van der Waals surface area contributed by atoms with E-state index in [4.69, 9.17) is 0 Å². The van der Waals surface area contributed by atoms with E-state index >= 15 is 0 Å². The van der Waals surface area contributed by atoms with E-state index in [0.29, 0.717) is 5.91 Å². The Bertz CT molecular complexity index is 410. The van der Waals surface area contributed by atoms with Gasteiger partial charge in [0.15, 0.2) is 0 Å².